The van der Waals surface area contributed by atoms with Crippen molar-refractivity contribution in [1.29, 1.82) is 0 Å². The van der Waals surface area contributed by atoms with Gasteiger partial charge in [-0.3, -0.25) is 0 Å². The van der Waals surface area contributed by atoms with Gasteiger partial charge in [0.1, 0.15) is 5.38 Å². The summed E-state index contributed by atoms with van der Waals surface area (Å²) in [6.07, 6.45) is 0. The van der Waals surface area contributed by atoms with Crippen molar-refractivity contribution in [3.05, 3.63) is 64.7 Å². The van der Waals surface area contributed by atoms with Gasteiger partial charge in [0.05, 0.1) is 22.7 Å². The maximum atomic E-state index is 2.20. The third-order valence-electron chi connectivity index (χ3n) is 2.68. The maximum Gasteiger partial charge on any atom is 0.243 e. The van der Waals surface area contributed by atoms with E-state index in [4.69, 9.17) is 0 Å². The molecule has 3 aromatic rings. The van der Waals surface area contributed by atoms with Crippen LogP contribution in [0.15, 0.2) is 64.7 Å². The van der Waals surface area contributed by atoms with Crippen molar-refractivity contribution in [2.24, 2.45) is 0 Å². The van der Waals surface area contributed by atoms with E-state index in [1.54, 1.807) is 22.7 Å². The second kappa shape index (κ2) is 4.78. The van der Waals surface area contributed by atoms with Gasteiger partial charge in [0.15, 0.2) is 4.88 Å². The molecule has 0 saturated carbocycles. The first kappa shape index (κ1) is 10.6. The highest BCUT2D eigenvalue weighted by Gasteiger charge is 2.06. The number of benzene rings is 2. The molecule has 0 bridgehead atoms. The van der Waals surface area contributed by atoms with Gasteiger partial charge in [-0.25, -0.2) is 0 Å². The second-order valence-corrected chi connectivity index (χ2v) is 5.73. The Hall–Kier alpha value is -1.51. The van der Waals surface area contributed by atoms with E-state index < -0.39 is 0 Å². The molecular weight excluding hydrogens is 244 g/mol. The fourth-order valence-corrected chi connectivity index (χ4v) is 3.57. The summed E-state index contributed by atoms with van der Waals surface area (Å²) in [6.45, 7) is 0. The second-order valence-electron chi connectivity index (χ2n) is 3.78. The van der Waals surface area contributed by atoms with Crippen LogP contribution in [0.5, 0.6) is 0 Å². The summed E-state index contributed by atoms with van der Waals surface area (Å²) < 4.78 is 2.15. The summed E-state index contributed by atoms with van der Waals surface area (Å²) in [4.78, 5) is 1.34. The molecular formula is C15H11S2+. The molecule has 0 N–H and O–H groups in total. The molecule has 0 atom stereocenters. The summed E-state index contributed by atoms with van der Waals surface area (Å²) in [5.41, 5.74) is 3.85. The molecule has 82 valence electrons. The highest BCUT2D eigenvalue weighted by Crippen LogP contribution is 2.29. The average Bonchev–Trinajstić information content (AvgIpc) is 2.94. The predicted molar refractivity (Wildman–Crippen MR) is 77.5 cm³/mol. The predicted octanol–water partition coefficient (Wildman–Crippen LogP) is 5.42. The van der Waals surface area contributed by atoms with E-state index >= 15 is 0 Å². The van der Waals surface area contributed by atoms with E-state index in [0.29, 0.717) is 0 Å². The first-order valence-corrected chi connectivity index (χ1v) is 7.25. The Morgan fingerprint density at radius 1 is 0.706 bits per heavy atom. The number of hydrogen-bond acceptors (Lipinski definition) is 1. The van der Waals surface area contributed by atoms with Crippen molar-refractivity contribution in [1.82, 2.24) is 0 Å². The molecule has 0 fully saturated rings. The zero-order valence-corrected chi connectivity index (χ0v) is 10.8. The van der Waals surface area contributed by atoms with Gasteiger partial charge < -0.3 is 0 Å². The Morgan fingerprint density at radius 3 is 2.00 bits per heavy atom. The molecule has 2 aromatic carbocycles. The average molecular weight is 255 g/mol. The molecule has 17 heavy (non-hydrogen) atoms. The van der Waals surface area contributed by atoms with Crippen LogP contribution in [0.1, 0.15) is 0 Å². The normalized spacial score (nSPS) is 10.4. The molecule has 3 rings (SSSR count). The summed E-state index contributed by atoms with van der Waals surface area (Å²) in [5, 5.41) is 2.20. The van der Waals surface area contributed by atoms with E-state index in [9.17, 15) is 0 Å². The van der Waals surface area contributed by atoms with Crippen molar-refractivity contribution < 1.29 is 0 Å². The lowest BCUT2D eigenvalue weighted by Crippen LogP contribution is -1.77. The van der Waals surface area contributed by atoms with Crippen molar-refractivity contribution in [3.8, 4) is 21.6 Å². The van der Waals surface area contributed by atoms with Gasteiger partial charge in [0.25, 0.3) is 0 Å². The van der Waals surface area contributed by atoms with Crippen LogP contribution in [0.25, 0.3) is 21.6 Å². The summed E-state index contributed by atoms with van der Waals surface area (Å²) in [5.74, 6) is 0. The van der Waals surface area contributed by atoms with Crippen LogP contribution in [0.2, 0.25) is 0 Å². The van der Waals surface area contributed by atoms with E-state index in [1.807, 2.05) is 6.07 Å². The highest BCUT2D eigenvalue weighted by molar-refractivity contribution is 7.29. The maximum absolute atomic E-state index is 2.20. The van der Waals surface area contributed by atoms with Crippen LogP contribution in [-0.2, 0) is 0 Å². The Morgan fingerprint density at radius 2 is 1.35 bits per heavy atom. The lowest BCUT2D eigenvalue weighted by Gasteiger charge is -2.01. The summed E-state index contributed by atoms with van der Waals surface area (Å²) in [7, 11) is 0. The number of rotatable bonds is 2. The third kappa shape index (κ3) is 2.28. The lowest BCUT2D eigenvalue weighted by molar-refractivity contribution is 1.62. The molecule has 0 spiro atoms. The Labute approximate surface area is 109 Å². The van der Waals surface area contributed by atoms with Gasteiger partial charge in [-0.15, -0.1) is 0 Å². The number of hydrogen-bond donors (Lipinski definition) is 0. The molecule has 0 radical (unpaired) electrons. The molecule has 0 aliphatic rings. The van der Waals surface area contributed by atoms with Gasteiger partial charge in [-0.1, -0.05) is 54.6 Å². The molecule has 0 unspecified atom stereocenters. The van der Waals surface area contributed by atoms with Crippen molar-refractivity contribution in [2.75, 3.05) is 0 Å². The minimum atomic E-state index is 1.27. The van der Waals surface area contributed by atoms with Gasteiger partial charge >= 0.3 is 0 Å². The fraction of sp³-hybridized carbons (Fsp3) is 0. The van der Waals surface area contributed by atoms with Crippen LogP contribution in [0.4, 0.5) is 0 Å². The van der Waals surface area contributed by atoms with Crippen molar-refractivity contribution >= 4 is 22.7 Å². The minimum absolute atomic E-state index is 1.27. The third-order valence-corrected chi connectivity index (χ3v) is 4.64. The van der Waals surface area contributed by atoms with Gasteiger partial charge in [0.2, 0.25) is 4.69 Å². The van der Waals surface area contributed by atoms with Crippen molar-refractivity contribution in [2.45, 2.75) is 0 Å². The van der Waals surface area contributed by atoms with Crippen LogP contribution in [0.3, 0.4) is 0 Å². The Balaban J connectivity index is 1.96. The zero-order valence-electron chi connectivity index (χ0n) is 9.17. The van der Waals surface area contributed by atoms with E-state index in [0.717, 1.165) is 0 Å². The fourth-order valence-electron chi connectivity index (χ4n) is 1.79. The van der Waals surface area contributed by atoms with Crippen LogP contribution < -0.4 is 0 Å². The van der Waals surface area contributed by atoms with Gasteiger partial charge in [0, 0.05) is 5.56 Å². The van der Waals surface area contributed by atoms with E-state index in [1.165, 1.54) is 21.6 Å². The largest absolute Gasteiger partial charge is 0.243 e. The first-order chi connectivity index (χ1) is 8.43. The van der Waals surface area contributed by atoms with E-state index in [-0.39, 0.29) is 0 Å². The molecule has 1 aromatic heterocycles. The van der Waals surface area contributed by atoms with Crippen molar-refractivity contribution in [3.63, 3.8) is 0 Å². The standard InChI is InChI=1S/C15H11S2/c1-2-4-12(5-3-1)13-6-8-14(9-7-13)15-10-16-11-17-15/h1-11H/q+1. The smallest absolute Gasteiger partial charge is 0.0622 e. The molecule has 0 aliphatic carbocycles. The van der Waals surface area contributed by atoms with Gasteiger partial charge in [-0.05, 0) is 11.1 Å². The zero-order chi connectivity index (χ0) is 11.5. The summed E-state index contributed by atoms with van der Waals surface area (Å²) in [6, 6.07) is 19.2. The Bertz CT molecular complexity index is 581. The summed E-state index contributed by atoms with van der Waals surface area (Å²) >= 11 is 3.55. The molecule has 0 aliphatic heterocycles. The Kier molecular flexibility index (Phi) is 2.99. The molecule has 2 heteroatoms. The first-order valence-electron chi connectivity index (χ1n) is 5.43. The van der Waals surface area contributed by atoms with Gasteiger partial charge in [-0.2, -0.15) is 0 Å². The van der Waals surface area contributed by atoms with Crippen LogP contribution in [0, 0.1) is 0 Å². The monoisotopic (exact) mass is 255 g/mol. The minimum Gasteiger partial charge on any atom is -0.0622 e. The SMILES string of the molecule is c1ccc(-c2ccc(-c3c[s+]cs3)cc2)cc1. The molecule has 0 amide bonds. The van der Waals surface area contributed by atoms with Crippen LogP contribution >= 0.6 is 22.7 Å². The molecule has 0 nitrogen and oxygen atoms in total. The molecule has 0 saturated heterocycles. The quantitative estimate of drug-likeness (QED) is 0.536. The topological polar surface area (TPSA) is 0 Å². The highest BCUT2D eigenvalue weighted by atomic mass is 32.2. The molecule has 1 heterocycles. The lowest BCUT2D eigenvalue weighted by atomic mass is 10.0. The van der Waals surface area contributed by atoms with Crippen LogP contribution in [-0.4, -0.2) is 0 Å². The van der Waals surface area contributed by atoms with E-state index in [2.05, 4.69) is 58.6 Å².